The predicted molar refractivity (Wildman–Crippen MR) is 88.1 cm³/mol. The van der Waals surface area contributed by atoms with Crippen LogP contribution < -0.4 is 9.47 Å². The highest BCUT2D eigenvalue weighted by Crippen LogP contribution is 2.24. The van der Waals surface area contributed by atoms with E-state index in [1.807, 2.05) is 44.2 Å². The summed E-state index contributed by atoms with van der Waals surface area (Å²) in [6.07, 6.45) is 1.55. The molecule has 2 aromatic carbocycles. The number of benzene rings is 2. The van der Waals surface area contributed by atoms with Gasteiger partial charge in [-0.1, -0.05) is 24.3 Å². The molecule has 0 unspecified atom stereocenters. The normalized spacial score (nSPS) is 10.8. The zero-order valence-electron chi connectivity index (χ0n) is 13.5. The molecule has 0 saturated carbocycles. The highest BCUT2D eigenvalue weighted by Gasteiger charge is 2.06. The lowest BCUT2D eigenvalue weighted by molar-refractivity contribution is 0.299. The summed E-state index contributed by atoms with van der Waals surface area (Å²) in [5.41, 5.74) is 2.51. The Morgan fingerprint density at radius 1 is 1.17 bits per heavy atom. The summed E-state index contributed by atoms with van der Waals surface area (Å²) >= 11 is 0. The number of aryl methyl sites for hydroxylation is 1. The van der Waals surface area contributed by atoms with Crippen molar-refractivity contribution < 1.29 is 14.2 Å². The first-order valence-corrected chi connectivity index (χ1v) is 7.23. The minimum atomic E-state index is 0.363. The SMILES string of the molecule is CO/C=C(/C)Oc1cc(COc2ccccc2C#N)ccc1C. The van der Waals surface area contributed by atoms with E-state index in [0.717, 1.165) is 16.9 Å². The maximum absolute atomic E-state index is 9.08. The average molecular weight is 309 g/mol. The fraction of sp³-hybridized carbons (Fsp3) is 0.211. The van der Waals surface area contributed by atoms with Gasteiger partial charge in [0.2, 0.25) is 0 Å². The lowest BCUT2D eigenvalue weighted by Gasteiger charge is -2.12. The summed E-state index contributed by atoms with van der Waals surface area (Å²) in [6.45, 7) is 4.17. The molecule has 118 valence electrons. The Balaban J connectivity index is 2.12. The molecule has 4 heteroatoms. The summed E-state index contributed by atoms with van der Waals surface area (Å²) in [5.74, 6) is 2.00. The molecule has 0 radical (unpaired) electrons. The number of hydrogen-bond acceptors (Lipinski definition) is 4. The molecule has 0 aliphatic rings. The van der Waals surface area contributed by atoms with Gasteiger partial charge in [-0.25, -0.2) is 0 Å². The number of hydrogen-bond donors (Lipinski definition) is 0. The third kappa shape index (κ3) is 4.52. The van der Waals surface area contributed by atoms with Gasteiger partial charge in [-0.2, -0.15) is 5.26 Å². The van der Waals surface area contributed by atoms with E-state index < -0.39 is 0 Å². The molecule has 0 atom stereocenters. The van der Waals surface area contributed by atoms with Crippen LogP contribution in [0.4, 0.5) is 0 Å². The van der Waals surface area contributed by atoms with Crippen molar-refractivity contribution in [1.29, 1.82) is 5.26 Å². The van der Waals surface area contributed by atoms with Crippen LogP contribution in [0.25, 0.3) is 0 Å². The van der Waals surface area contributed by atoms with Crippen molar-refractivity contribution in [2.24, 2.45) is 0 Å². The zero-order chi connectivity index (χ0) is 16.7. The van der Waals surface area contributed by atoms with Crippen molar-refractivity contribution in [3.05, 3.63) is 71.2 Å². The van der Waals surface area contributed by atoms with Gasteiger partial charge in [0.15, 0.2) is 0 Å². The summed E-state index contributed by atoms with van der Waals surface area (Å²) in [5, 5.41) is 9.08. The first-order chi connectivity index (χ1) is 11.1. The van der Waals surface area contributed by atoms with Crippen LogP contribution in [-0.2, 0) is 11.3 Å². The highest BCUT2D eigenvalue weighted by molar-refractivity contribution is 5.43. The third-order valence-corrected chi connectivity index (χ3v) is 3.21. The van der Waals surface area contributed by atoms with Crippen molar-refractivity contribution in [2.75, 3.05) is 7.11 Å². The summed E-state index contributed by atoms with van der Waals surface area (Å²) in [4.78, 5) is 0. The van der Waals surface area contributed by atoms with E-state index in [9.17, 15) is 0 Å². The fourth-order valence-electron chi connectivity index (χ4n) is 2.05. The Morgan fingerprint density at radius 3 is 2.70 bits per heavy atom. The molecular formula is C19H19NO3. The molecule has 0 aliphatic heterocycles. The maximum Gasteiger partial charge on any atom is 0.137 e. The van der Waals surface area contributed by atoms with Crippen molar-refractivity contribution >= 4 is 0 Å². The summed E-state index contributed by atoms with van der Waals surface area (Å²) in [6, 6.07) is 15.2. The number of methoxy groups -OCH3 is 1. The smallest absolute Gasteiger partial charge is 0.137 e. The van der Waals surface area contributed by atoms with E-state index in [1.54, 1.807) is 25.5 Å². The maximum atomic E-state index is 9.08. The summed E-state index contributed by atoms with van der Waals surface area (Å²) < 4.78 is 16.4. The second-order valence-electron chi connectivity index (χ2n) is 5.06. The Kier molecular flexibility index (Phi) is 5.65. The van der Waals surface area contributed by atoms with Gasteiger partial charge in [-0.15, -0.1) is 0 Å². The molecule has 0 fully saturated rings. The van der Waals surface area contributed by atoms with Crippen molar-refractivity contribution in [3.8, 4) is 17.6 Å². The molecule has 23 heavy (non-hydrogen) atoms. The van der Waals surface area contributed by atoms with Crippen molar-refractivity contribution in [1.82, 2.24) is 0 Å². The van der Waals surface area contributed by atoms with Crippen LogP contribution in [0.15, 0.2) is 54.5 Å². The fourth-order valence-corrected chi connectivity index (χ4v) is 2.05. The number of allylic oxidation sites excluding steroid dienone is 1. The Bertz CT molecular complexity index is 745. The molecule has 0 aliphatic carbocycles. The van der Waals surface area contributed by atoms with Gasteiger partial charge >= 0.3 is 0 Å². The molecule has 4 nitrogen and oxygen atoms in total. The lowest BCUT2D eigenvalue weighted by atomic mass is 10.1. The Hall–Kier alpha value is -2.93. The number of nitriles is 1. The van der Waals surface area contributed by atoms with Crippen molar-refractivity contribution in [3.63, 3.8) is 0 Å². The number of rotatable bonds is 6. The van der Waals surface area contributed by atoms with Crippen LogP contribution in [0.3, 0.4) is 0 Å². The number of para-hydroxylation sites is 1. The van der Waals surface area contributed by atoms with Crippen LogP contribution in [0, 0.1) is 18.3 Å². The minimum absolute atomic E-state index is 0.363. The molecular weight excluding hydrogens is 290 g/mol. The monoisotopic (exact) mass is 309 g/mol. The molecule has 2 aromatic rings. The highest BCUT2D eigenvalue weighted by atomic mass is 16.5. The van der Waals surface area contributed by atoms with E-state index in [-0.39, 0.29) is 0 Å². The van der Waals surface area contributed by atoms with Gasteiger partial charge in [-0.05, 0) is 43.2 Å². The van der Waals surface area contributed by atoms with Crippen LogP contribution in [0.5, 0.6) is 11.5 Å². The molecule has 0 heterocycles. The standard InChI is InChI=1S/C19H19NO3/c1-14-8-9-16(10-19(14)23-15(2)12-21-3)13-22-18-7-5-4-6-17(18)11-20/h4-10,12H,13H2,1-3H3/b15-12-. The molecule has 0 bridgehead atoms. The second kappa shape index (κ2) is 7.90. The second-order valence-corrected chi connectivity index (χ2v) is 5.06. The molecule has 0 spiro atoms. The number of ether oxygens (including phenoxy) is 3. The van der Waals surface area contributed by atoms with Crippen LogP contribution in [-0.4, -0.2) is 7.11 Å². The third-order valence-electron chi connectivity index (χ3n) is 3.21. The van der Waals surface area contributed by atoms with Gasteiger partial charge < -0.3 is 14.2 Å². The molecule has 2 rings (SSSR count). The van der Waals surface area contributed by atoms with E-state index >= 15 is 0 Å². The van der Waals surface area contributed by atoms with Crippen LogP contribution in [0.2, 0.25) is 0 Å². The van der Waals surface area contributed by atoms with E-state index in [0.29, 0.717) is 23.7 Å². The molecule has 0 aromatic heterocycles. The van der Waals surface area contributed by atoms with E-state index in [2.05, 4.69) is 6.07 Å². The topological polar surface area (TPSA) is 51.5 Å². The lowest BCUT2D eigenvalue weighted by Crippen LogP contribution is -1.99. The first kappa shape index (κ1) is 16.4. The average Bonchev–Trinajstić information content (AvgIpc) is 2.56. The molecule has 0 amide bonds. The quantitative estimate of drug-likeness (QED) is 0.745. The van der Waals surface area contributed by atoms with E-state index in [4.69, 9.17) is 19.5 Å². The largest absolute Gasteiger partial charge is 0.501 e. The van der Waals surface area contributed by atoms with Gasteiger partial charge in [0.25, 0.3) is 0 Å². The van der Waals surface area contributed by atoms with Gasteiger partial charge in [0.05, 0.1) is 12.7 Å². The predicted octanol–water partition coefficient (Wildman–Crippen LogP) is 4.33. The molecule has 0 saturated heterocycles. The van der Waals surface area contributed by atoms with Gasteiger partial charge in [-0.3, -0.25) is 0 Å². The van der Waals surface area contributed by atoms with Gasteiger partial charge in [0, 0.05) is 0 Å². The van der Waals surface area contributed by atoms with Crippen LogP contribution >= 0.6 is 0 Å². The first-order valence-electron chi connectivity index (χ1n) is 7.23. The Labute approximate surface area is 136 Å². The zero-order valence-corrected chi connectivity index (χ0v) is 13.5. The minimum Gasteiger partial charge on any atom is -0.501 e. The van der Waals surface area contributed by atoms with Gasteiger partial charge in [0.1, 0.15) is 36.2 Å². The Morgan fingerprint density at radius 2 is 1.96 bits per heavy atom. The summed E-state index contributed by atoms with van der Waals surface area (Å²) in [7, 11) is 1.58. The van der Waals surface area contributed by atoms with Crippen molar-refractivity contribution in [2.45, 2.75) is 20.5 Å². The van der Waals surface area contributed by atoms with Crippen LogP contribution in [0.1, 0.15) is 23.6 Å². The number of nitrogens with zero attached hydrogens (tertiary/aromatic N) is 1. The van der Waals surface area contributed by atoms with E-state index in [1.165, 1.54) is 0 Å². The molecule has 0 N–H and O–H groups in total.